The number of fused-ring (bicyclic) bond motifs is 3. The van der Waals surface area contributed by atoms with Crippen LogP contribution in [0.4, 0.5) is 10.3 Å². The van der Waals surface area contributed by atoms with Gasteiger partial charge in [-0.25, -0.2) is 9.37 Å². The van der Waals surface area contributed by atoms with Crippen molar-refractivity contribution < 1.29 is 9.50 Å². The minimum Gasteiger partial charge on any atom is -0.507 e. The van der Waals surface area contributed by atoms with Crippen LogP contribution in [0.15, 0.2) is 48.4 Å². The van der Waals surface area contributed by atoms with Crippen LogP contribution in [0.5, 0.6) is 5.75 Å². The molecule has 3 aromatic heterocycles. The monoisotopic (exact) mass is 456 g/mol. The number of aromatic nitrogens is 5. The van der Waals surface area contributed by atoms with Gasteiger partial charge < -0.3 is 10.4 Å². The van der Waals surface area contributed by atoms with Crippen LogP contribution in [0, 0.1) is 5.82 Å². The van der Waals surface area contributed by atoms with Crippen LogP contribution in [0.2, 0.25) is 0 Å². The molecule has 4 aromatic rings. The lowest BCUT2D eigenvalue weighted by Crippen LogP contribution is -2.25. The molecular formula is C26H25FN6O. The summed E-state index contributed by atoms with van der Waals surface area (Å²) in [6, 6.07) is 7.28. The van der Waals surface area contributed by atoms with Gasteiger partial charge in [-0.05, 0) is 54.9 Å². The van der Waals surface area contributed by atoms with E-state index in [0.717, 1.165) is 36.8 Å². The molecule has 0 bridgehead atoms. The first-order valence-electron chi connectivity index (χ1n) is 11.6. The topological polar surface area (TPSA) is 88.2 Å². The summed E-state index contributed by atoms with van der Waals surface area (Å²) < 4.78 is 15.6. The SMILES string of the molecule is CC(C)c1cnn2c(N[C@H]3CCC4=C(C3)c3c(O)cccc3C4)nc(-c3cncc(F)c3)nc12. The third-order valence-electron chi connectivity index (χ3n) is 6.82. The van der Waals surface area contributed by atoms with E-state index in [-0.39, 0.29) is 12.0 Å². The van der Waals surface area contributed by atoms with E-state index >= 15 is 0 Å². The highest BCUT2D eigenvalue weighted by atomic mass is 19.1. The van der Waals surface area contributed by atoms with Crippen molar-refractivity contribution in [3.8, 4) is 17.1 Å². The van der Waals surface area contributed by atoms with Gasteiger partial charge in [-0.1, -0.05) is 31.6 Å². The largest absolute Gasteiger partial charge is 0.507 e. The number of hydrogen-bond donors (Lipinski definition) is 2. The van der Waals surface area contributed by atoms with Gasteiger partial charge in [0.15, 0.2) is 11.5 Å². The number of phenolic OH excluding ortho intramolecular Hbond substituents is 1. The maximum Gasteiger partial charge on any atom is 0.228 e. The van der Waals surface area contributed by atoms with Crippen LogP contribution in [0.25, 0.3) is 22.6 Å². The van der Waals surface area contributed by atoms with Crippen molar-refractivity contribution in [1.82, 2.24) is 24.6 Å². The van der Waals surface area contributed by atoms with E-state index in [1.807, 2.05) is 12.3 Å². The first-order valence-corrected chi connectivity index (χ1v) is 11.6. The molecule has 2 N–H and O–H groups in total. The predicted octanol–water partition coefficient (Wildman–Crippen LogP) is 5.13. The van der Waals surface area contributed by atoms with Gasteiger partial charge in [0.05, 0.1) is 12.4 Å². The smallest absolute Gasteiger partial charge is 0.228 e. The maximum absolute atomic E-state index is 13.9. The molecule has 0 amide bonds. The van der Waals surface area contributed by atoms with Crippen molar-refractivity contribution in [2.45, 2.75) is 51.5 Å². The van der Waals surface area contributed by atoms with E-state index in [1.165, 1.54) is 29.0 Å². The number of rotatable bonds is 4. The van der Waals surface area contributed by atoms with Crippen LogP contribution in [0.3, 0.4) is 0 Å². The summed E-state index contributed by atoms with van der Waals surface area (Å²) in [6.45, 7) is 4.18. The number of phenols is 1. The molecule has 2 aliphatic carbocycles. The van der Waals surface area contributed by atoms with Gasteiger partial charge in [0.1, 0.15) is 11.6 Å². The molecule has 0 radical (unpaired) electrons. The Balaban J connectivity index is 1.39. The van der Waals surface area contributed by atoms with Gasteiger partial charge in [0.25, 0.3) is 0 Å². The molecule has 2 aliphatic rings. The molecule has 0 spiro atoms. The van der Waals surface area contributed by atoms with E-state index in [4.69, 9.17) is 9.97 Å². The summed E-state index contributed by atoms with van der Waals surface area (Å²) in [5, 5.41) is 18.6. The fourth-order valence-corrected chi connectivity index (χ4v) is 5.14. The fraction of sp³-hybridized carbons (Fsp3) is 0.308. The molecule has 6 rings (SSSR count). The Kier molecular flexibility index (Phi) is 4.83. The van der Waals surface area contributed by atoms with Crippen molar-refractivity contribution in [3.63, 3.8) is 0 Å². The number of nitrogens with one attached hydrogen (secondary N) is 1. The van der Waals surface area contributed by atoms with Crippen molar-refractivity contribution in [2.24, 2.45) is 0 Å². The molecule has 0 fully saturated rings. The van der Waals surface area contributed by atoms with Crippen LogP contribution < -0.4 is 5.32 Å². The lowest BCUT2D eigenvalue weighted by atomic mass is 9.88. The van der Waals surface area contributed by atoms with E-state index in [9.17, 15) is 9.50 Å². The molecule has 8 heteroatoms. The van der Waals surface area contributed by atoms with E-state index in [2.05, 4.69) is 35.3 Å². The van der Waals surface area contributed by atoms with Crippen molar-refractivity contribution in [1.29, 1.82) is 0 Å². The van der Waals surface area contributed by atoms with Gasteiger partial charge in [-0.15, -0.1) is 0 Å². The summed E-state index contributed by atoms with van der Waals surface area (Å²) in [6.07, 6.45) is 8.18. The Morgan fingerprint density at radius 2 is 2.06 bits per heavy atom. The summed E-state index contributed by atoms with van der Waals surface area (Å²) in [4.78, 5) is 13.4. The Labute approximate surface area is 196 Å². The van der Waals surface area contributed by atoms with Crippen molar-refractivity contribution in [3.05, 3.63) is 70.9 Å². The summed E-state index contributed by atoms with van der Waals surface area (Å²) >= 11 is 0. The quantitative estimate of drug-likeness (QED) is 0.443. The average molecular weight is 457 g/mol. The van der Waals surface area contributed by atoms with Gasteiger partial charge in [0.2, 0.25) is 5.95 Å². The lowest BCUT2D eigenvalue weighted by Gasteiger charge is -2.26. The number of benzene rings is 1. The maximum atomic E-state index is 13.9. The van der Waals surface area contributed by atoms with Crippen LogP contribution in [0.1, 0.15) is 55.7 Å². The van der Waals surface area contributed by atoms with E-state index in [0.29, 0.717) is 28.7 Å². The van der Waals surface area contributed by atoms with Crippen LogP contribution in [-0.4, -0.2) is 35.7 Å². The molecule has 3 heterocycles. The molecule has 172 valence electrons. The van der Waals surface area contributed by atoms with Crippen molar-refractivity contribution in [2.75, 3.05) is 5.32 Å². The third-order valence-corrected chi connectivity index (χ3v) is 6.82. The number of nitrogens with zero attached hydrogens (tertiary/aromatic N) is 5. The zero-order chi connectivity index (χ0) is 23.4. The number of hydrogen-bond acceptors (Lipinski definition) is 6. The normalized spacial score (nSPS) is 17.4. The summed E-state index contributed by atoms with van der Waals surface area (Å²) in [5.41, 5.74) is 7.06. The molecule has 0 saturated carbocycles. The zero-order valence-corrected chi connectivity index (χ0v) is 19.1. The van der Waals surface area contributed by atoms with Gasteiger partial charge in [0, 0.05) is 28.9 Å². The first-order chi connectivity index (χ1) is 16.5. The highest BCUT2D eigenvalue weighted by Gasteiger charge is 2.31. The standard InChI is InChI=1S/C26H25FN6O/c1-14(2)21-13-29-33-25(21)31-24(17-9-18(27)12-28-11-17)32-26(33)30-19-7-6-15-8-16-4-3-5-22(34)23(16)20(15)10-19/h3-5,9,11-14,19,34H,6-8,10H2,1-2H3,(H,30,31,32)/t19-/m0/s1. The second-order valence-corrected chi connectivity index (χ2v) is 9.41. The number of anilines is 1. The number of aromatic hydroxyl groups is 1. The Morgan fingerprint density at radius 3 is 2.88 bits per heavy atom. The zero-order valence-electron chi connectivity index (χ0n) is 19.1. The number of halogens is 1. The van der Waals surface area contributed by atoms with Crippen LogP contribution >= 0.6 is 0 Å². The molecule has 1 aromatic carbocycles. The number of allylic oxidation sites excluding steroid dienone is 1. The Bertz CT molecular complexity index is 1460. The molecule has 1 atom stereocenters. The van der Waals surface area contributed by atoms with Gasteiger partial charge in [-0.3, -0.25) is 4.98 Å². The van der Waals surface area contributed by atoms with Gasteiger partial charge >= 0.3 is 0 Å². The van der Waals surface area contributed by atoms with Crippen molar-refractivity contribution >= 4 is 17.2 Å². The minimum absolute atomic E-state index is 0.118. The molecule has 0 saturated heterocycles. The Hall–Kier alpha value is -3.81. The molecule has 34 heavy (non-hydrogen) atoms. The van der Waals surface area contributed by atoms with Gasteiger partial charge in [-0.2, -0.15) is 14.6 Å². The first kappa shape index (κ1) is 20.8. The molecule has 0 unspecified atom stereocenters. The fourth-order valence-electron chi connectivity index (χ4n) is 5.14. The predicted molar refractivity (Wildman–Crippen MR) is 128 cm³/mol. The second kappa shape index (κ2) is 7.90. The third kappa shape index (κ3) is 3.41. The van der Waals surface area contributed by atoms with Crippen LogP contribution in [-0.2, 0) is 6.42 Å². The highest BCUT2D eigenvalue weighted by molar-refractivity contribution is 5.81. The lowest BCUT2D eigenvalue weighted by molar-refractivity contribution is 0.472. The van der Waals surface area contributed by atoms with E-state index in [1.54, 1.807) is 16.8 Å². The highest BCUT2D eigenvalue weighted by Crippen LogP contribution is 2.45. The second-order valence-electron chi connectivity index (χ2n) is 9.41. The van der Waals surface area contributed by atoms with E-state index < -0.39 is 5.82 Å². The number of pyridine rings is 1. The Morgan fingerprint density at radius 1 is 1.18 bits per heavy atom. The summed E-state index contributed by atoms with van der Waals surface area (Å²) in [5.74, 6) is 1.12. The molecular weight excluding hydrogens is 431 g/mol. The average Bonchev–Trinajstić information content (AvgIpc) is 3.41. The molecule has 7 nitrogen and oxygen atoms in total. The summed E-state index contributed by atoms with van der Waals surface area (Å²) in [7, 11) is 0. The minimum atomic E-state index is -0.431. The molecule has 0 aliphatic heterocycles.